The van der Waals surface area contributed by atoms with Crippen molar-refractivity contribution in [2.75, 3.05) is 26.5 Å². The quantitative estimate of drug-likeness (QED) is 0.776. The van der Waals surface area contributed by atoms with Crippen molar-refractivity contribution in [1.82, 2.24) is 9.62 Å². The van der Waals surface area contributed by atoms with E-state index < -0.39 is 10.0 Å². The smallest absolute Gasteiger partial charge is 0.235 e. The minimum Gasteiger partial charge on any atom is -0.496 e. The summed E-state index contributed by atoms with van der Waals surface area (Å²) in [6, 6.07) is 7.14. The van der Waals surface area contributed by atoms with E-state index >= 15 is 0 Å². The Balaban J connectivity index is 2.87. The number of hydrogen-bond donors (Lipinski definition) is 1. The van der Waals surface area contributed by atoms with Crippen LogP contribution in [-0.4, -0.2) is 45.1 Å². The number of nitrogens with zero attached hydrogens (tertiary/aromatic N) is 1. The molecule has 1 rings (SSSR count). The molecule has 0 radical (unpaired) electrons. The topological polar surface area (TPSA) is 75.7 Å². The Labute approximate surface area is 126 Å². The summed E-state index contributed by atoms with van der Waals surface area (Å²) < 4.78 is 30.0. The summed E-state index contributed by atoms with van der Waals surface area (Å²) in [4.78, 5) is 11.8. The summed E-state index contributed by atoms with van der Waals surface area (Å²) in [6.07, 6.45) is 1.90. The summed E-state index contributed by atoms with van der Waals surface area (Å²) in [7, 11) is -1.97. The van der Waals surface area contributed by atoms with Gasteiger partial charge in [0, 0.05) is 18.7 Å². The summed E-state index contributed by atoms with van der Waals surface area (Å²) in [5.41, 5.74) is 0.716. The normalized spacial score (nSPS) is 11.4. The SMILES string of the molecule is CCCNC(=O)CN(Cc1ccccc1OC)S(C)(=O)=O. The van der Waals surface area contributed by atoms with Gasteiger partial charge < -0.3 is 10.1 Å². The van der Waals surface area contributed by atoms with Crippen LogP contribution in [0.3, 0.4) is 0 Å². The maximum atomic E-state index is 11.8. The van der Waals surface area contributed by atoms with Gasteiger partial charge >= 0.3 is 0 Å². The molecular formula is C14H22N2O4S. The van der Waals surface area contributed by atoms with Crippen LogP contribution in [-0.2, 0) is 21.4 Å². The number of carbonyl (C=O) groups excluding carboxylic acids is 1. The first-order chi connectivity index (χ1) is 9.88. The number of para-hydroxylation sites is 1. The average Bonchev–Trinajstić information content (AvgIpc) is 2.44. The monoisotopic (exact) mass is 314 g/mol. The van der Waals surface area contributed by atoms with E-state index in [-0.39, 0.29) is 19.0 Å². The second-order valence-corrected chi connectivity index (χ2v) is 6.68. The summed E-state index contributed by atoms with van der Waals surface area (Å²) in [5.74, 6) is 0.289. The minimum absolute atomic E-state index is 0.0996. The van der Waals surface area contributed by atoms with Gasteiger partial charge in [0.15, 0.2) is 0 Å². The number of methoxy groups -OCH3 is 1. The summed E-state index contributed by atoms with van der Waals surface area (Å²) in [5, 5.41) is 2.67. The Morgan fingerprint density at radius 1 is 1.33 bits per heavy atom. The van der Waals surface area contributed by atoms with Crippen LogP contribution in [0.5, 0.6) is 5.75 Å². The highest BCUT2D eigenvalue weighted by Gasteiger charge is 2.21. The van der Waals surface area contributed by atoms with Gasteiger partial charge in [-0.15, -0.1) is 0 Å². The lowest BCUT2D eigenvalue weighted by molar-refractivity contribution is -0.121. The van der Waals surface area contributed by atoms with Gasteiger partial charge in [-0.25, -0.2) is 8.42 Å². The van der Waals surface area contributed by atoms with Crippen molar-refractivity contribution in [3.63, 3.8) is 0 Å². The van der Waals surface area contributed by atoms with Crippen LogP contribution >= 0.6 is 0 Å². The standard InChI is InChI=1S/C14H22N2O4S/c1-4-9-15-14(17)11-16(21(3,18)19)10-12-7-5-6-8-13(12)20-2/h5-8H,4,9-11H2,1-3H3,(H,15,17). The van der Waals surface area contributed by atoms with Crippen LogP contribution in [0.25, 0.3) is 0 Å². The van der Waals surface area contributed by atoms with E-state index in [2.05, 4.69) is 5.32 Å². The van der Waals surface area contributed by atoms with Crippen LogP contribution in [0.2, 0.25) is 0 Å². The molecule has 0 aliphatic heterocycles. The Kier molecular flexibility index (Phi) is 6.64. The highest BCUT2D eigenvalue weighted by Crippen LogP contribution is 2.20. The molecule has 0 unspecified atom stereocenters. The van der Waals surface area contributed by atoms with E-state index in [0.29, 0.717) is 17.9 Å². The first-order valence-corrected chi connectivity index (χ1v) is 8.57. The van der Waals surface area contributed by atoms with Crippen molar-refractivity contribution in [2.45, 2.75) is 19.9 Å². The van der Waals surface area contributed by atoms with Crippen LogP contribution in [0.15, 0.2) is 24.3 Å². The van der Waals surface area contributed by atoms with Crippen molar-refractivity contribution in [1.29, 1.82) is 0 Å². The molecule has 1 aromatic carbocycles. The molecule has 0 spiro atoms. The van der Waals surface area contributed by atoms with Crippen LogP contribution < -0.4 is 10.1 Å². The average molecular weight is 314 g/mol. The molecular weight excluding hydrogens is 292 g/mol. The Morgan fingerprint density at radius 3 is 2.57 bits per heavy atom. The predicted octanol–water partition coefficient (Wildman–Crippen LogP) is 0.983. The van der Waals surface area contributed by atoms with Gasteiger partial charge in [0.05, 0.1) is 19.9 Å². The minimum atomic E-state index is -3.49. The van der Waals surface area contributed by atoms with E-state index in [1.165, 1.54) is 7.11 Å². The highest BCUT2D eigenvalue weighted by molar-refractivity contribution is 7.88. The number of rotatable bonds is 8. The number of benzene rings is 1. The molecule has 0 fully saturated rings. The zero-order valence-electron chi connectivity index (χ0n) is 12.6. The second kappa shape index (κ2) is 7.99. The molecule has 1 N–H and O–H groups in total. The third-order valence-corrected chi connectivity index (χ3v) is 4.10. The Bertz CT molecular complexity index is 572. The fourth-order valence-electron chi connectivity index (χ4n) is 1.79. The van der Waals surface area contributed by atoms with E-state index in [0.717, 1.165) is 17.0 Å². The van der Waals surface area contributed by atoms with Gasteiger partial charge in [0.2, 0.25) is 15.9 Å². The van der Waals surface area contributed by atoms with Crippen molar-refractivity contribution in [3.05, 3.63) is 29.8 Å². The molecule has 1 aromatic rings. The second-order valence-electron chi connectivity index (χ2n) is 4.69. The lowest BCUT2D eigenvalue weighted by Gasteiger charge is -2.20. The maximum absolute atomic E-state index is 11.8. The van der Waals surface area contributed by atoms with Gasteiger partial charge in [-0.2, -0.15) is 4.31 Å². The van der Waals surface area contributed by atoms with E-state index in [1.807, 2.05) is 6.92 Å². The van der Waals surface area contributed by atoms with Gasteiger partial charge in [0.1, 0.15) is 5.75 Å². The fourth-order valence-corrected chi connectivity index (χ4v) is 2.52. The Hall–Kier alpha value is -1.60. The Morgan fingerprint density at radius 2 is 2.00 bits per heavy atom. The number of sulfonamides is 1. The van der Waals surface area contributed by atoms with Gasteiger partial charge in [-0.3, -0.25) is 4.79 Å². The highest BCUT2D eigenvalue weighted by atomic mass is 32.2. The molecule has 0 bridgehead atoms. The number of hydrogen-bond acceptors (Lipinski definition) is 4. The summed E-state index contributed by atoms with van der Waals surface area (Å²) >= 11 is 0. The zero-order valence-corrected chi connectivity index (χ0v) is 13.4. The molecule has 1 amide bonds. The van der Waals surface area contributed by atoms with Crippen LogP contribution in [0.4, 0.5) is 0 Å². The lowest BCUT2D eigenvalue weighted by Crippen LogP contribution is -2.40. The maximum Gasteiger partial charge on any atom is 0.235 e. The van der Waals surface area contributed by atoms with E-state index in [4.69, 9.17) is 4.74 Å². The molecule has 0 heterocycles. The fraction of sp³-hybridized carbons (Fsp3) is 0.500. The third kappa shape index (κ3) is 5.73. The molecule has 0 saturated heterocycles. The van der Waals surface area contributed by atoms with Gasteiger partial charge in [0.25, 0.3) is 0 Å². The number of carbonyl (C=O) groups is 1. The van der Waals surface area contributed by atoms with Crippen molar-refractivity contribution >= 4 is 15.9 Å². The predicted molar refractivity (Wildman–Crippen MR) is 81.5 cm³/mol. The molecule has 0 aliphatic rings. The van der Waals surface area contributed by atoms with Crippen LogP contribution in [0.1, 0.15) is 18.9 Å². The van der Waals surface area contributed by atoms with Gasteiger partial charge in [-0.05, 0) is 12.5 Å². The first-order valence-electron chi connectivity index (χ1n) is 6.72. The van der Waals surface area contributed by atoms with E-state index in [1.54, 1.807) is 24.3 Å². The molecule has 0 saturated carbocycles. The molecule has 7 heteroatoms. The zero-order chi connectivity index (χ0) is 15.9. The summed E-state index contributed by atoms with van der Waals surface area (Å²) in [6.45, 7) is 2.37. The van der Waals surface area contributed by atoms with Crippen molar-refractivity contribution in [3.8, 4) is 5.75 Å². The molecule has 21 heavy (non-hydrogen) atoms. The molecule has 0 aromatic heterocycles. The largest absolute Gasteiger partial charge is 0.496 e. The molecule has 0 aliphatic carbocycles. The van der Waals surface area contributed by atoms with Crippen molar-refractivity contribution < 1.29 is 17.9 Å². The molecule has 0 atom stereocenters. The molecule has 118 valence electrons. The van der Waals surface area contributed by atoms with Gasteiger partial charge in [-0.1, -0.05) is 25.1 Å². The van der Waals surface area contributed by atoms with E-state index in [9.17, 15) is 13.2 Å². The number of amides is 1. The van der Waals surface area contributed by atoms with Crippen LogP contribution in [0, 0.1) is 0 Å². The third-order valence-electron chi connectivity index (χ3n) is 2.90. The molecule has 6 nitrogen and oxygen atoms in total. The number of ether oxygens (including phenoxy) is 1. The number of nitrogens with one attached hydrogen (secondary N) is 1. The lowest BCUT2D eigenvalue weighted by atomic mass is 10.2. The first kappa shape index (κ1) is 17.5. The van der Waals surface area contributed by atoms with Crippen molar-refractivity contribution in [2.24, 2.45) is 0 Å².